The van der Waals surface area contributed by atoms with Gasteiger partial charge in [-0.2, -0.15) is 0 Å². The molecule has 1 amide bonds. The molecule has 0 aliphatic rings. The maximum absolute atomic E-state index is 11.8. The first-order chi connectivity index (χ1) is 10.2. The van der Waals surface area contributed by atoms with E-state index in [1.165, 1.54) is 0 Å². The van der Waals surface area contributed by atoms with Crippen molar-refractivity contribution in [2.24, 2.45) is 0 Å². The molecule has 21 heavy (non-hydrogen) atoms. The van der Waals surface area contributed by atoms with E-state index in [1.54, 1.807) is 25.3 Å². The summed E-state index contributed by atoms with van der Waals surface area (Å²) in [5.41, 5.74) is 1.73. The van der Waals surface area contributed by atoms with Gasteiger partial charge in [0.1, 0.15) is 5.75 Å². The Kier molecular flexibility index (Phi) is 5.46. The van der Waals surface area contributed by atoms with Crippen molar-refractivity contribution in [3.05, 3.63) is 59.1 Å². The first kappa shape index (κ1) is 15.2. The summed E-state index contributed by atoms with van der Waals surface area (Å²) in [7, 11) is 1.58. The summed E-state index contributed by atoms with van der Waals surface area (Å²) < 4.78 is 5.12. The van der Waals surface area contributed by atoms with Crippen LogP contribution < -0.4 is 15.4 Å². The molecule has 0 heterocycles. The molecule has 2 aromatic carbocycles. The van der Waals surface area contributed by atoms with Gasteiger partial charge in [-0.3, -0.25) is 4.79 Å². The van der Waals surface area contributed by atoms with Gasteiger partial charge in [-0.25, -0.2) is 0 Å². The quantitative estimate of drug-likeness (QED) is 0.862. The monoisotopic (exact) mass is 304 g/mol. The van der Waals surface area contributed by atoms with Gasteiger partial charge in [-0.15, -0.1) is 0 Å². The minimum Gasteiger partial charge on any atom is -0.497 e. The fourth-order valence-corrected chi connectivity index (χ4v) is 1.99. The van der Waals surface area contributed by atoms with Crippen LogP contribution in [0.5, 0.6) is 5.75 Å². The van der Waals surface area contributed by atoms with Gasteiger partial charge in [0.2, 0.25) is 5.91 Å². The Morgan fingerprint density at radius 3 is 2.67 bits per heavy atom. The normalized spacial score (nSPS) is 10.0. The second-order valence-electron chi connectivity index (χ2n) is 4.46. The number of hydrogen-bond donors (Lipinski definition) is 2. The van der Waals surface area contributed by atoms with Crippen LogP contribution in [-0.2, 0) is 11.3 Å². The van der Waals surface area contributed by atoms with Gasteiger partial charge in [-0.1, -0.05) is 41.9 Å². The van der Waals surface area contributed by atoms with Crippen molar-refractivity contribution in [3.8, 4) is 5.75 Å². The van der Waals surface area contributed by atoms with Crippen LogP contribution in [0.1, 0.15) is 5.56 Å². The third kappa shape index (κ3) is 4.68. The van der Waals surface area contributed by atoms with Gasteiger partial charge in [0.25, 0.3) is 0 Å². The average molecular weight is 305 g/mol. The number of amides is 1. The molecule has 2 aromatic rings. The SMILES string of the molecule is COc1ccc(Cl)c(NCC(=O)NCc2ccccc2)c1. The molecule has 110 valence electrons. The van der Waals surface area contributed by atoms with Gasteiger partial charge < -0.3 is 15.4 Å². The number of ether oxygens (including phenoxy) is 1. The van der Waals surface area contributed by atoms with Crippen molar-refractivity contribution >= 4 is 23.2 Å². The lowest BCUT2D eigenvalue weighted by atomic mass is 10.2. The Morgan fingerprint density at radius 1 is 1.19 bits per heavy atom. The van der Waals surface area contributed by atoms with E-state index in [0.717, 1.165) is 5.56 Å². The zero-order chi connectivity index (χ0) is 15.1. The number of carbonyl (C=O) groups excluding carboxylic acids is 1. The lowest BCUT2D eigenvalue weighted by molar-refractivity contribution is -0.119. The number of halogens is 1. The maximum Gasteiger partial charge on any atom is 0.239 e. The highest BCUT2D eigenvalue weighted by atomic mass is 35.5. The molecule has 2 rings (SSSR count). The molecule has 0 spiro atoms. The minimum atomic E-state index is -0.0993. The highest BCUT2D eigenvalue weighted by Crippen LogP contribution is 2.26. The lowest BCUT2D eigenvalue weighted by Gasteiger charge is -2.10. The molecule has 4 nitrogen and oxygen atoms in total. The van der Waals surface area contributed by atoms with E-state index in [4.69, 9.17) is 16.3 Å². The van der Waals surface area contributed by atoms with Crippen LogP contribution >= 0.6 is 11.6 Å². The van der Waals surface area contributed by atoms with E-state index in [-0.39, 0.29) is 12.5 Å². The zero-order valence-corrected chi connectivity index (χ0v) is 12.5. The van der Waals surface area contributed by atoms with Gasteiger partial charge >= 0.3 is 0 Å². The molecule has 2 N–H and O–H groups in total. The lowest BCUT2D eigenvalue weighted by Crippen LogP contribution is -2.29. The summed E-state index contributed by atoms with van der Waals surface area (Å²) >= 11 is 6.06. The van der Waals surface area contributed by atoms with Crippen LogP contribution in [0, 0.1) is 0 Å². The fraction of sp³-hybridized carbons (Fsp3) is 0.188. The van der Waals surface area contributed by atoms with Crippen LogP contribution in [0.25, 0.3) is 0 Å². The smallest absolute Gasteiger partial charge is 0.239 e. The van der Waals surface area contributed by atoms with Crippen LogP contribution in [0.3, 0.4) is 0 Å². The van der Waals surface area contributed by atoms with Crippen molar-refractivity contribution in [1.82, 2.24) is 5.32 Å². The Morgan fingerprint density at radius 2 is 1.95 bits per heavy atom. The van der Waals surface area contributed by atoms with E-state index in [9.17, 15) is 4.79 Å². The van der Waals surface area contributed by atoms with Crippen LogP contribution in [0.2, 0.25) is 5.02 Å². The van der Waals surface area contributed by atoms with Gasteiger partial charge in [-0.05, 0) is 17.7 Å². The Labute approximate surface area is 129 Å². The predicted molar refractivity (Wildman–Crippen MR) is 84.8 cm³/mol. The van der Waals surface area contributed by atoms with Gasteiger partial charge in [0.15, 0.2) is 0 Å². The first-order valence-electron chi connectivity index (χ1n) is 6.57. The number of carbonyl (C=O) groups is 1. The zero-order valence-electron chi connectivity index (χ0n) is 11.7. The van der Waals surface area contributed by atoms with Crippen LogP contribution in [0.15, 0.2) is 48.5 Å². The summed E-state index contributed by atoms with van der Waals surface area (Å²) in [6, 6.07) is 15.0. The molecule has 0 aromatic heterocycles. The second-order valence-corrected chi connectivity index (χ2v) is 4.87. The highest BCUT2D eigenvalue weighted by Gasteiger charge is 2.05. The molecule has 0 saturated heterocycles. The largest absolute Gasteiger partial charge is 0.497 e. The third-order valence-electron chi connectivity index (χ3n) is 2.95. The minimum absolute atomic E-state index is 0.0993. The van der Waals surface area contributed by atoms with E-state index >= 15 is 0 Å². The van der Waals surface area contributed by atoms with Gasteiger partial charge in [0, 0.05) is 12.6 Å². The Bertz CT molecular complexity index is 602. The number of nitrogens with one attached hydrogen (secondary N) is 2. The molecular weight excluding hydrogens is 288 g/mol. The highest BCUT2D eigenvalue weighted by molar-refractivity contribution is 6.33. The van der Waals surface area contributed by atoms with E-state index in [2.05, 4.69) is 10.6 Å². The van der Waals surface area contributed by atoms with Crippen molar-refractivity contribution in [2.45, 2.75) is 6.54 Å². The van der Waals surface area contributed by atoms with E-state index < -0.39 is 0 Å². The summed E-state index contributed by atoms with van der Waals surface area (Å²) in [6.07, 6.45) is 0. The number of rotatable bonds is 6. The number of anilines is 1. The molecular formula is C16H17ClN2O2. The van der Waals surface area contributed by atoms with Crippen molar-refractivity contribution in [3.63, 3.8) is 0 Å². The summed E-state index contributed by atoms with van der Waals surface area (Å²) in [4.78, 5) is 11.8. The second kappa shape index (κ2) is 7.55. The van der Waals surface area contributed by atoms with Crippen LogP contribution in [0.4, 0.5) is 5.69 Å². The molecule has 0 bridgehead atoms. The molecule has 5 heteroatoms. The predicted octanol–water partition coefficient (Wildman–Crippen LogP) is 3.08. The summed E-state index contributed by atoms with van der Waals surface area (Å²) in [5.74, 6) is 0.587. The average Bonchev–Trinajstić information content (AvgIpc) is 2.53. The van der Waals surface area contributed by atoms with E-state index in [0.29, 0.717) is 23.0 Å². The van der Waals surface area contributed by atoms with Crippen molar-refractivity contribution in [2.75, 3.05) is 19.0 Å². The number of methoxy groups -OCH3 is 1. The molecule has 0 aliphatic heterocycles. The van der Waals surface area contributed by atoms with Gasteiger partial charge in [0.05, 0.1) is 24.4 Å². The number of hydrogen-bond acceptors (Lipinski definition) is 3. The molecule has 0 fully saturated rings. The molecule has 0 saturated carbocycles. The third-order valence-corrected chi connectivity index (χ3v) is 3.28. The van der Waals surface area contributed by atoms with E-state index in [1.807, 2.05) is 30.3 Å². The first-order valence-corrected chi connectivity index (χ1v) is 6.95. The Hall–Kier alpha value is -2.20. The standard InChI is InChI=1S/C16H17ClN2O2/c1-21-13-7-8-14(17)15(9-13)18-11-16(20)19-10-12-5-3-2-4-6-12/h2-9,18H,10-11H2,1H3,(H,19,20). The molecule has 0 aliphatic carbocycles. The Balaban J connectivity index is 1.84. The molecule has 0 radical (unpaired) electrons. The number of benzene rings is 2. The molecule has 0 unspecified atom stereocenters. The summed E-state index contributed by atoms with van der Waals surface area (Å²) in [6.45, 7) is 0.660. The van der Waals surface area contributed by atoms with Crippen LogP contribution in [-0.4, -0.2) is 19.6 Å². The van der Waals surface area contributed by atoms with Crippen molar-refractivity contribution in [1.29, 1.82) is 0 Å². The molecule has 0 atom stereocenters. The van der Waals surface area contributed by atoms with Crippen molar-refractivity contribution < 1.29 is 9.53 Å². The maximum atomic E-state index is 11.8. The summed E-state index contributed by atoms with van der Waals surface area (Å²) in [5, 5.41) is 6.39. The fourth-order valence-electron chi connectivity index (χ4n) is 1.80. The topological polar surface area (TPSA) is 50.4 Å².